The van der Waals surface area contributed by atoms with Crippen molar-refractivity contribution in [2.75, 3.05) is 5.32 Å². The molecule has 0 aliphatic carbocycles. The standard InChI is InChI=1S/C16H19BrN2/c1-3-4-13-5-7-14(8-6-13)11-18-16-10-9-15(17)12(2)19-16/h5-10H,3-4,11H2,1-2H3,(H,18,19). The first-order valence-corrected chi connectivity index (χ1v) is 7.43. The number of aryl methyl sites for hydroxylation is 2. The molecule has 100 valence electrons. The van der Waals surface area contributed by atoms with Crippen molar-refractivity contribution in [2.24, 2.45) is 0 Å². The Morgan fingerprint density at radius 2 is 1.74 bits per heavy atom. The summed E-state index contributed by atoms with van der Waals surface area (Å²) in [4.78, 5) is 4.48. The molecule has 1 aromatic carbocycles. The normalized spacial score (nSPS) is 10.5. The van der Waals surface area contributed by atoms with Gasteiger partial charge < -0.3 is 5.32 Å². The summed E-state index contributed by atoms with van der Waals surface area (Å²) in [6.45, 7) is 5.01. The van der Waals surface area contributed by atoms with E-state index in [0.717, 1.165) is 29.0 Å². The van der Waals surface area contributed by atoms with Crippen molar-refractivity contribution in [1.82, 2.24) is 4.98 Å². The smallest absolute Gasteiger partial charge is 0.126 e. The van der Waals surface area contributed by atoms with Gasteiger partial charge in [0.25, 0.3) is 0 Å². The van der Waals surface area contributed by atoms with Crippen molar-refractivity contribution in [2.45, 2.75) is 33.2 Å². The van der Waals surface area contributed by atoms with Crippen molar-refractivity contribution in [1.29, 1.82) is 0 Å². The fraction of sp³-hybridized carbons (Fsp3) is 0.312. The third-order valence-electron chi connectivity index (χ3n) is 3.06. The van der Waals surface area contributed by atoms with Gasteiger partial charge in [0.1, 0.15) is 5.82 Å². The molecule has 0 amide bonds. The molecular weight excluding hydrogens is 300 g/mol. The summed E-state index contributed by atoms with van der Waals surface area (Å²) in [5.74, 6) is 0.915. The van der Waals surface area contributed by atoms with E-state index in [4.69, 9.17) is 0 Å². The van der Waals surface area contributed by atoms with E-state index in [-0.39, 0.29) is 0 Å². The number of hydrogen-bond donors (Lipinski definition) is 1. The summed E-state index contributed by atoms with van der Waals surface area (Å²) in [5.41, 5.74) is 3.69. The van der Waals surface area contributed by atoms with E-state index in [1.54, 1.807) is 0 Å². The molecule has 2 nitrogen and oxygen atoms in total. The summed E-state index contributed by atoms with van der Waals surface area (Å²) >= 11 is 3.46. The average Bonchev–Trinajstić information content (AvgIpc) is 2.42. The van der Waals surface area contributed by atoms with Gasteiger partial charge in [0.15, 0.2) is 0 Å². The highest BCUT2D eigenvalue weighted by Gasteiger charge is 1.99. The van der Waals surface area contributed by atoms with Crippen LogP contribution < -0.4 is 5.32 Å². The Bertz CT molecular complexity index is 535. The SMILES string of the molecule is CCCc1ccc(CNc2ccc(Br)c(C)n2)cc1. The number of aromatic nitrogens is 1. The molecule has 0 radical (unpaired) electrons. The highest BCUT2D eigenvalue weighted by molar-refractivity contribution is 9.10. The lowest BCUT2D eigenvalue weighted by molar-refractivity contribution is 0.920. The number of nitrogens with zero attached hydrogens (tertiary/aromatic N) is 1. The molecule has 1 aromatic heterocycles. The molecule has 2 rings (SSSR count). The first-order valence-electron chi connectivity index (χ1n) is 6.64. The molecular formula is C16H19BrN2. The molecule has 0 spiro atoms. The largest absolute Gasteiger partial charge is 0.366 e. The maximum atomic E-state index is 4.48. The second-order valence-electron chi connectivity index (χ2n) is 4.68. The first kappa shape index (κ1) is 14.1. The van der Waals surface area contributed by atoms with E-state index in [2.05, 4.69) is 57.4 Å². The summed E-state index contributed by atoms with van der Waals surface area (Å²) in [5, 5.41) is 3.35. The average molecular weight is 319 g/mol. The van der Waals surface area contributed by atoms with E-state index < -0.39 is 0 Å². The minimum atomic E-state index is 0.806. The molecule has 0 bridgehead atoms. The predicted molar refractivity (Wildman–Crippen MR) is 84.4 cm³/mol. The molecule has 0 fully saturated rings. The number of halogens is 1. The van der Waals surface area contributed by atoms with Crippen molar-refractivity contribution in [3.05, 3.63) is 57.7 Å². The molecule has 19 heavy (non-hydrogen) atoms. The third-order valence-corrected chi connectivity index (χ3v) is 3.89. The number of anilines is 1. The van der Waals surface area contributed by atoms with Crippen LogP contribution in [0, 0.1) is 6.92 Å². The lowest BCUT2D eigenvalue weighted by atomic mass is 10.1. The molecule has 3 heteroatoms. The first-order chi connectivity index (χ1) is 9.19. The zero-order valence-corrected chi connectivity index (χ0v) is 13.0. The Morgan fingerprint density at radius 1 is 1.05 bits per heavy atom. The molecule has 0 saturated heterocycles. The van der Waals surface area contributed by atoms with E-state index >= 15 is 0 Å². The van der Waals surface area contributed by atoms with Crippen LogP contribution in [0.5, 0.6) is 0 Å². The summed E-state index contributed by atoms with van der Waals surface area (Å²) in [7, 11) is 0. The number of pyridine rings is 1. The van der Waals surface area contributed by atoms with Crippen LogP contribution >= 0.6 is 15.9 Å². The van der Waals surface area contributed by atoms with E-state index in [9.17, 15) is 0 Å². The van der Waals surface area contributed by atoms with Crippen LogP contribution in [0.1, 0.15) is 30.2 Å². The topological polar surface area (TPSA) is 24.9 Å². The van der Waals surface area contributed by atoms with Gasteiger partial charge in [-0.2, -0.15) is 0 Å². The van der Waals surface area contributed by atoms with E-state index in [1.165, 1.54) is 17.5 Å². The predicted octanol–water partition coefficient (Wildman–Crippen LogP) is 4.72. The van der Waals surface area contributed by atoms with Gasteiger partial charge in [0.05, 0.1) is 5.69 Å². The van der Waals surface area contributed by atoms with Gasteiger partial charge in [-0.05, 0) is 52.5 Å². The van der Waals surface area contributed by atoms with Gasteiger partial charge in [0.2, 0.25) is 0 Å². The Kier molecular flexibility index (Phi) is 4.97. The molecule has 1 heterocycles. The minimum absolute atomic E-state index is 0.806. The van der Waals surface area contributed by atoms with Crippen LogP contribution in [-0.2, 0) is 13.0 Å². The van der Waals surface area contributed by atoms with Gasteiger partial charge in [0, 0.05) is 11.0 Å². The Balaban J connectivity index is 1.96. The van der Waals surface area contributed by atoms with Gasteiger partial charge in [-0.15, -0.1) is 0 Å². The fourth-order valence-electron chi connectivity index (χ4n) is 1.95. The molecule has 0 aliphatic rings. The van der Waals surface area contributed by atoms with Crippen molar-refractivity contribution < 1.29 is 0 Å². The van der Waals surface area contributed by atoms with Crippen LogP contribution in [0.4, 0.5) is 5.82 Å². The monoisotopic (exact) mass is 318 g/mol. The van der Waals surface area contributed by atoms with Crippen molar-refractivity contribution >= 4 is 21.7 Å². The van der Waals surface area contributed by atoms with Crippen LogP contribution in [0.15, 0.2) is 40.9 Å². The number of hydrogen-bond acceptors (Lipinski definition) is 2. The van der Waals surface area contributed by atoms with Crippen molar-refractivity contribution in [3.8, 4) is 0 Å². The summed E-state index contributed by atoms with van der Waals surface area (Å²) in [6, 6.07) is 12.8. The van der Waals surface area contributed by atoms with Gasteiger partial charge in [-0.25, -0.2) is 4.98 Å². The van der Waals surface area contributed by atoms with Crippen LogP contribution in [0.25, 0.3) is 0 Å². The number of benzene rings is 1. The molecule has 0 atom stereocenters. The Hall–Kier alpha value is -1.35. The number of nitrogens with one attached hydrogen (secondary N) is 1. The van der Waals surface area contributed by atoms with E-state index in [0.29, 0.717) is 0 Å². The van der Waals surface area contributed by atoms with Crippen molar-refractivity contribution in [3.63, 3.8) is 0 Å². The van der Waals surface area contributed by atoms with Gasteiger partial charge in [-0.1, -0.05) is 37.6 Å². The van der Waals surface area contributed by atoms with Gasteiger partial charge in [-0.3, -0.25) is 0 Å². The second-order valence-corrected chi connectivity index (χ2v) is 5.54. The van der Waals surface area contributed by atoms with Crippen LogP contribution in [-0.4, -0.2) is 4.98 Å². The highest BCUT2D eigenvalue weighted by atomic mass is 79.9. The Morgan fingerprint density at radius 3 is 2.37 bits per heavy atom. The van der Waals surface area contributed by atoms with Crippen LogP contribution in [0.3, 0.4) is 0 Å². The second kappa shape index (κ2) is 6.71. The zero-order valence-electron chi connectivity index (χ0n) is 11.4. The molecule has 0 unspecified atom stereocenters. The molecule has 0 saturated carbocycles. The fourth-order valence-corrected chi connectivity index (χ4v) is 2.17. The Labute approximate surface area is 123 Å². The minimum Gasteiger partial charge on any atom is -0.366 e. The lowest BCUT2D eigenvalue weighted by Gasteiger charge is -2.08. The summed E-state index contributed by atoms with van der Waals surface area (Å²) < 4.78 is 1.04. The molecule has 2 aromatic rings. The molecule has 1 N–H and O–H groups in total. The van der Waals surface area contributed by atoms with E-state index in [1.807, 2.05) is 19.1 Å². The maximum Gasteiger partial charge on any atom is 0.126 e. The maximum absolute atomic E-state index is 4.48. The van der Waals surface area contributed by atoms with Crippen LogP contribution in [0.2, 0.25) is 0 Å². The zero-order chi connectivity index (χ0) is 13.7. The molecule has 0 aliphatic heterocycles. The third kappa shape index (κ3) is 4.06. The highest BCUT2D eigenvalue weighted by Crippen LogP contribution is 2.16. The quantitative estimate of drug-likeness (QED) is 0.863. The number of rotatable bonds is 5. The van der Waals surface area contributed by atoms with Gasteiger partial charge >= 0.3 is 0 Å². The summed E-state index contributed by atoms with van der Waals surface area (Å²) in [6.07, 6.45) is 2.35. The lowest BCUT2D eigenvalue weighted by Crippen LogP contribution is -2.02.